The van der Waals surface area contributed by atoms with E-state index in [1.54, 1.807) is 35.9 Å². The lowest BCUT2D eigenvalue weighted by Gasteiger charge is -2.13. The molecular formula is C20H27N5OS2. The molecule has 0 aliphatic heterocycles. The van der Waals surface area contributed by atoms with Crippen molar-refractivity contribution in [2.24, 2.45) is 4.99 Å². The van der Waals surface area contributed by atoms with Gasteiger partial charge in [-0.3, -0.25) is 4.99 Å². The van der Waals surface area contributed by atoms with Gasteiger partial charge in [0.05, 0.1) is 28.3 Å². The van der Waals surface area contributed by atoms with E-state index in [2.05, 4.69) is 63.9 Å². The van der Waals surface area contributed by atoms with Gasteiger partial charge in [0, 0.05) is 29.3 Å². The highest BCUT2D eigenvalue weighted by Gasteiger charge is 2.19. The third kappa shape index (κ3) is 5.42. The lowest BCUT2D eigenvalue weighted by atomic mass is 9.94. The number of thiazole rings is 1. The van der Waals surface area contributed by atoms with Crippen LogP contribution in [0.4, 0.5) is 0 Å². The Bertz CT molecular complexity index is 932. The summed E-state index contributed by atoms with van der Waals surface area (Å²) in [6.07, 6.45) is 2.73. The van der Waals surface area contributed by atoms with Crippen molar-refractivity contribution in [1.29, 1.82) is 0 Å². The third-order valence-corrected chi connectivity index (χ3v) is 6.06. The number of hydrogen-bond donors (Lipinski definition) is 2. The first-order valence-corrected chi connectivity index (χ1v) is 11.0. The van der Waals surface area contributed by atoms with Gasteiger partial charge in [-0.05, 0) is 25.5 Å². The van der Waals surface area contributed by atoms with Crippen LogP contribution >= 0.6 is 22.7 Å². The average Bonchev–Trinajstić information content (AvgIpc) is 3.37. The zero-order valence-electron chi connectivity index (χ0n) is 17.0. The van der Waals surface area contributed by atoms with Gasteiger partial charge in [0.15, 0.2) is 5.96 Å². The fourth-order valence-corrected chi connectivity index (χ4v) is 4.20. The Morgan fingerprint density at radius 2 is 2.07 bits per heavy atom. The molecule has 0 bridgehead atoms. The molecule has 0 amide bonds. The molecule has 0 unspecified atom stereocenters. The molecule has 2 N–H and O–H groups in total. The maximum Gasteiger partial charge on any atom is 0.213 e. The highest BCUT2D eigenvalue weighted by Crippen LogP contribution is 2.29. The number of aliphatic imine (C=N–C) groups is 1. The summed E-state index contributed by atoms with van der Waals surface area (Å²) in [5.74, 6) is 2.28. The first-order chi connectivity index (χ1) is 13.3. The minimum Gasteiger partial charge on any atom is -0.443 e. The number of nitrogens with one attached hydrogen (secondary N) is 2. The minimum atomic E-state index is -0.0397. The summed E-state index contributed by atoms with van der Waals surface area (Å²) >= 11 is 3.48. The Morgan fingerprint density at radius 1 is 1.25 bits per heavy atom. The lowest BCUT2D eigenvalue weighted by molar-refractivity contribution is 0.379. The molecule has 0 saturated carbocycles. The predicted octanol–water partition coefficient (Wildman–Crippen LogP) is 4.37. The van der Waals surface area contributed by atoms with Crippen LogP contribution in [0.2, 0.25) is 0 Å². The van der Waals surface area contributed by atoms with Gasteiger partial charge in [-0.25, -0.2) is 9.97 Å². The van der Waals surface area contributed by atoms with Gasteiger partial charge in [-0.2, -0.15) is 0 Å². The fraction of sp³-hybridized carbons (Fsp3) is 0.450. The first kappa shape index (κ1) is 20.5. The molecular weight excluding hydrogens is 390 g/mol. The van der Waals surface area contributed by atoms with Gasteiger partial charge in [0.2, 0.25) is 5.89 Å². The maximum atomic E-state index is 5.80. The molecule has 150 valence electrons. The fourth-order valence-electron chi connectivity index (χ4n) is 2.55. The number of aryl methyl sites for hydroxylation is 1. The largest absolute Gasteiger partial charge is 0.443 e. The molecule has 0 aliphatic carbocycles. The van der Waals surface area contributed by atoms with Crippen molar-refractivity contribution >= 4 is 28.6 Å². The van der Waals surface area contributed by atoms with Crippen LogP contribution in [0.3, 0.4) is 0 Å². The molecule has 3 heterocycles. The number of guanidine groups is 1. The van der Waals surface area contributed by atoms with Gasteiger partial charge in [0.1, 0.15) is 5.76 Å². The second-order valence-electron chi connectivity index (χ2n) is 7.49. The summed E-state index contributed by atoms with van der Waals surface area (Å²) in [5.41, 5.74) is 1.03. The van der Waals surface area contributed by atoms with Crippen LogP contribution in [0, 0.1) is 6.92 Å². The third-order valence-electron chi connectivity index (χ3n) is 4.12. The highest BCUT2D eigenvalue weighted by molar-refractivity contribution is 7.16. The molecule has 0 radical (unpaired) electrons. The molecule has 3 aromatic rings. The zero-order valence-corrected chi connectivity index (χ0v) is 18.6. The molecule has 0 atom stereocenters. The Balaban J connectivity index is 1.46. The molecule has 0 aromatic carbocycles. The van der Waals surface area contributed by atoms with E-state index < -0.39 is 0 Å². The minimum absolute atomic E-state index is 0.0397. The van der Waals surface area contributed by atoms with E-state index in [4.69, 9.17) is 4.42 Å². The summed E-state index contributed by atoms with van der Waals surface area (Å²) in [4.78, 5) is 15.7. The number of aromatic nitrogens is 2. The van der Waals surface area contributed by atoms with Crippen molar-refractivity contribution < 1.29 is 4.42 Å². The summed E-state index contributed by atoms with van der Waals surface area (Å²) < 4.78 is 5.80. The van der Waals surface area contributed by atoms with Gasteiger partial charge in [0.25, 0.3) is 0 Å². The van der Waals surface area contributed by atoms with Gasteiger partial charge in [-0.1, -0.05) is 20.8 Å². The topological polar surface area (TPSA) is 75.3 Å². The van der Waals surface area contributed by atoms with Crippen LogP contribution in [-0.2, 0) is 18.4 Å². The highest BCUT2D eigenvalue weighted by atomic mass is 32.1. The van der Waals surface area contributed by atoms with Crippen LogP contribution < -0.4 is 10.6 Å². The molecule has 3 aromatic heterocycles. The van der Waals surface area contributed by atoms with Crippen molar-refractivity contribution in [3.8, 4) is 10.6 Å². The Morgan fingerprint density at radius 3 is 2.71 bits per heavy atom. The standard InChI is InChI=1S/C20H27N5OS2/c1-13-25-15(12-27-13)16-7-6-14(28-16)8-9-22-19(21-5)24-11-18-23-10-17(26-18)20(2,3)4/h6-7,10,12H,8-9,11H2,1-5H3,(H2,21,22,24). The van der Waals surface area contributed by atoms with E-state index in [0.717, 1.165) is 35.4 Å². The Hall–Kier alpha value is -2.19. The van der Waals surface area contributed by atoms with Crippen LogP contribution in [0.25, 0.3) is 10.6 Å². The first-order valence-electron chi connectivity index (χ1n) is 9.26. The van der Waals surface area contributed by atoms with E-state index in [1.165, 1.54) is 9.75 Å². The quantitative estimate of drug-likeness (QED) is 0.460. The van der Waals surface area contributed by atoms with Gasteiger partial charge < -0.3 is 15.1 Å². The number of hydrogen-bond acceptors (Lipinski definition) is 6. The van der Waals surface area contributed by atoms with Crippen LogP contribution in [-0.4, -0.2) is 29.5 Å². The van der Waals surface area contributed by atoms with Crippen LogP contribution in [0.5, 0.6) is 0 Å². The van der Waals surface area contributed by atoms with E-state index in [-0.39, 0.29) is 5.41 Å². The summed E-state index contributed by atoms with van der Waals surface area (Å²) in [6, 6.07) is 4.32. The van der Waals surface area contributed by atoms with Gasteiger partial charge in [-0.15, -0.1) is 22.7 Å². The van der Waals surface area contributed by atoms with Crippen LogP contribution in [0.15, 0.2) is 33.1 Å². The van der Waals surface area contributed by atoms with Gasteiger partial charge >= 0.3 is 0 Å². The lowest BCUT2D eigenvalue weighted by Crippen LogP contribution is -2.37. The number of nitrogens with zero attached hydrogens (tertiary/aromatic N) is 3. The Kier molecular flexibility index (Phi) is 6.51. The van der Waals surface area contributed by atoms with Crippen molar-refractivity contribution in [1.82, 2.24) is 20.6 Å². The number of thiophene rings is 1. The molecule has 0 aliphatic rings. The molecule has 28 heavy (non-hydrogen) atoms. The molecule has 0 spiro atoms. The predicted molar refractivity (Wildman–Crippen MR) is 117 cm³/mol. The SMILES string of the molecule is CN=C(NCCc1ccc(-c2csc(C)n2)s1)NCc1ncc(C(C)(C)C)o1. The van der Waals surface area contributed by atoms with Crippen molar-refractivity contribution in [3.05, 3.63) is 45.2 Å². The maximum absolute atomic E-state index is 5.80. The number of oxazole rings is 1. The Labute approximate surface area is 174 Å². The second kappa shape index (κ2) is 8.87. The van der Waals surface area contributed by atoms with E-state index in [1.807, 2.05) is 6.92 Å². The van der Waals surface area contributed by atoms with E-state index >= 15 is 0 Å². The molecule has 8 heteroatoms. The molecule has 3 rings (SSSR count). The van der Waals surface area contributed by atoms with Crippen molar-refractivity contribution in [3.63, 3.8) is 0 Å². The summed E-state index contributed by atoms with van der Waals surface area (Å²) in [6.45, 7) is 9.66. The van der Waals surface area contributed by atoms with E-state index in [9.17, 15) is 0 Å². The summed E-state index contributed by atoms with van der Waals surface area (Å²) in [5, 5.41) is 9.80. The smallest absolute Gasteiger partial charge is 0.213 e. The van der Waals surface area contributed by atoms with E-state index in [0.29, 0.717) is 12.4 Å². The van der Waals surface area contributed by atoms with Crippen LogP contribution in [0.1, 0.15) is 42.3 Å². The molecule has 0 fully saturated rings. The monoisotopic (exact) mass is 417 g/mol. The van der Waals surface area contributed by atoms with Crippen molar-refractivity contribution in [2.75, 3.05) is 13.6 Å². The molecule has 0 saturated heterocycles. The number of rotatable bonds is 6. The molecule has 6 nitrogen and oxygen atoms in total. The normalized spacial score (nSPS) is 12.4. The average molecular weight is 418 g/mol. The zero-order chi connectivity index (χ0) is 20.1. The second-order valence-corrected chi connectivity index (χ2v) is 9.72. The summed E-state index contributed by atoms with van der Waals surface area (Å²) in [7, 11) is 1.76. The van der Waals surface area contributed by atoms with Crippen molar-refractivity contribution in [2.45, 2.75) is 46.1 Å².